The maximum absolute atomic E-state index is 11.6. The number of methoxy groups -OCH3 is 1. The van der Waals surface area contributed by atoms with E-state index in [1.807, 2.05) is 6.92 Å². The summed E-state index contributed by atoms with van der Waals surface area (Å²) in [6.07, 6.45) is 0.281. The molecule has 0 aromatic heterocycles. The fraction of sp³-hybridized carbons (Fsp3) is 0.818. The first kappa shape index (κ1) is 14.7. The van der Waals surface area contributed by atoms with E-state index < -0.39 is 17.5 Å². The molecule has 0 aliphatic carbocycles. The topological polar surface area (TPSA) is 96.9 Å². The highest BCUT2D eigenvalue weighted by Gasteiger charge is 2.43. The van der Waals surface area contributed by atoms with Gasteiger partial charge in [-0.1, -0.05) is 6.92 Å². The molecule has 18 heavy (non-hydrogen) atoms. The van der Waals surface area contributed by atoms with Crippen LogP contribution in [0.2, 0.25) is 0 Å². The fourth-order valence-corrected chi connectivity index (χ4v) is 1.76. The summed E-state index contributed by atoms with van der Waals surface area (Å²) in [4.78, 5) is 22.8. The molecule has 104 valence electrons. The number of nitrogens with one attached hydrogen (secondary N) is 2. The number of ether oxygens (including phenoxy) is 2. The Morgan fingerprint density at radius 3 is 2.78 bits per heavy atom. The van der Waals surface area contributed by atoms with Crippen molar-refractivity contribution in [2.45, 2.75) is 18.9 Å². The molecule has 2 unspecified atom stereocenters. The van der Waals surface area contributed by atoms with Gasteiger partial charge in [-0.2, -0.15) is 0 Å². The number of carboxylic acids is 1. The third kappa shape index (κ3) is 3.85. The van der Waals surface area contributed by atoms with Gasteiger partial charge in [0.2, 0.25) is 0 Å². The van der Waals surface area contributed by atoms with Crippen LogP contribution in [0.15, 0.2) is 0 Å². The molecule has 7 nitrogen and oxygen atoms in total. The van der Waals surface area contributed by atoms with Gasteiger partial charge in [-0.3, -0.25) is 0 Å². The molecule has 2 amide bonds. The van der Waals surface area contributed by atoms with Crippen LogP contribution >= 0.6 is 0 Å². The molecule has 1 rings (SSSR count). The average molecular weight is 260 g/mol. The molecule has 0 spiro atoms. The zero-order chi connectivity index (χ0) is 13.6. The molecule has 1 aliphatic rings. The lowest BCUT2D eigenvalue weighted by molar-refractivity contribution is -0.144. The number of hydrogen-bond donors (Lipinski definition) is 3. The number of carboxylic acid groups (broad SMARTS) is 1. The van der Waals surface area contributed by atoms with Gasteiger partial charge in [-0.25, -0.2) is 9.59 Å². The number of urea groups is 1. The zero-order valence-corrected chi connectivity index (χ0v) is 10.7. The monoisotopic (exact) mass is 260 g/mol. The highest BCUT2D eigenvalue weighted by molar-refractivity contribution is 5.86. The number of carbonyl (C=O) groups excluding carboxylic acids is 1. The van der Waals surface area contributed by atoms with Gasteiger partial charge >= 0.3 is 12.0 Å². The number of amides is 2. The number of rotatable bonds is 6. The Morgan fingerprint density at radius 2 is 2.28 bits per heavy atom. The highest BCUT2D eigenvalue weighted by Crippen LogP contribution is 2.18. The summed E-state index contributed by atoms with van der Waals surface area (Å²) in [7, 11) is 1.59. The Bertz CT molecular complexity index is 302. The van der Waals surface area contributed by atoms with Crippen molar-refractivity contribution in [1.29, 1.82) is 0 Å². The first-order valence-electron chi connectivity index (χ1n) is 5.86. The van der Waals surface area contributed by atoms with E-state index in [0.717, 1.165) is 0 Å². The predicted octanol–water partition coefficient (Wildman–Crippen LogP) is -0.188. The average Bonchev–Trinajstić information content (AvgIpc) is 2.77. The molecule has 0 bridgehead atoms. The van der Waals surface area contributed by atoms with Gasteiger partial charge in [0.1, 0.15) is 0 Å². The van der Waals surface area contributed by atoms with Crippen molar-refractivity contribution in [2.75, 3.05) is 33.5 Å². The zero-order valence-electron chi connectivity index (χ0n) is 10.7. The van der Waals surface area contributed by atoms with Crippen molar-refractivity contribution in [1.82, 2.24) is 10.6 Å². The van der Waals surface area contributed by atoms with Gasteiger partial charge in [0.05, 0.1) is 13.2 Å². The Hall–Kier alpha value is -1.34. The Labute approximate surface area is 106 Å². The molecule has 0 saturated carbocycles. The van der Waals surface area contributed by atoms with Crippen LogP contribution in [-0.2, 0) is 14.3 Å². The SMILES string of the molecule is COCC(C)CNC(=O)NC1(C(=O)O)CCOC1. The molecule has 1 fully saturated rings. The molecule has 1 saturated heterocycles. The summed E-state index contributed by atoms with van der Waals surface area (Å²) in [5.74, 6) is -0.901. The Kier molecular flexibility index (Phi) is 5.36. The second-order valence-corrected chi connectivity index (χ2v) is 4.59. The first-order chi connectivity index (χ1) is 8.50. The summed E-state index contributed by atoms with van der Waals surface area (Å²) in [5, 5.41) is 14.2. The lowest BCUT2D eigenvalue weighted by Crippen LogP contribution is -2.58. The van der Waals surface area contributed by atoms with E-state index in [4.69, 9.17) is 14.6 Å². The molecule has 2 atom stereocenters. The van der Waals surface area contributed by atoms with E-state index >= 15 is 0 Å². The largest absolute Gasteiger partial charge is 0.479 e. The standard InChI is InChI=1S/C11H20N2O5/c1-8(6-17-2)5-12-10(16)13-11(9(14)15)3-4-18-7-11/h8H,3-7H2,1-2H3,(H,14,15)(H2,12,13,16). The Morgan fingerprint density at radius 1 is 1.56 bits per heavy atom. The van der Waals surface area contributed by atoms with Gasteiger partial charge in [-0.05, 0) is 5.92 Å². The van der Waals surface area contributed by atoms with E-state index in [9.17, 15) is 9.59 Å². The van der Waals surface area contributed by atoms with Crippen molar-refractivity contribution < 1.29 is 24.2 Å². The van der Waals surface area contributed by atoms with Crippen LogP contribution in [0.1, 0.15) is 13.3 Å². The third-order valence-electron chi connectivity index (χ3n) is 2.85. The summed E-state index contributed by atoms with van der Waals surface area (Å²) in [5.41, 5.74) is -1.30. The lowest BCUT2D eigenvalue weighted by atomic mass is 9.99. The maximum Gasteiger partial charge on any atom is 0.332 e. The summed E-state index contributed by atoms with van der Waals surface area (Å²) in [6, 6.07) is -0.495. The van der Waals surface area contributed by atoms with Crippen LogP contribution in [0.4, 0.5) is 4.79 Å². The van der Waals surface area contributed by atoms with E-state index in [1.165, 1.54) is 0 Å². The molecule has 0 radical (unpaired) electrons. The molecule has 3 N–H and O–H groups in total. The van der Waals surface area contributed by atoms with Crippen molar-refractivity contribution in [3.63, 3.8) is 0 Å². The molecule has 0 aromatic carbocycles. The first-order valence-corrected chi connectivity index (χ1v) is 5.86. The summed E-state index contributed by atoms with van der Waals surface area (Å²) in [6.45, 7) is 3.23. The van der Waals surface area contributed by atoms with E-state index in [1.54, 1.807) is 7.11 Å². The van der Waals surface area contributed by atoms with Crippen molar-refractivity contribution >= 4 is 12.0 Å². The van der Waals surface area contributed by atoms with Crippen molar-refractivity contribution in [3.05, 3.63) is 0 Å². The highest BCUT2D eigenvalue weighted by atomic mass is 16.5. The number of hydrogen-bond acceptors (Lipinski definition) is 4. The molecule has 1 aliphatic heterocycles. The third-order valence-corrected chi connectivity index (χ3v) is 2.85. The summed E-state index contributed by atoms with van der Waals surface area (Å²) < 4.78 is 9.99. The molecule has 0 aromatic rings. The molecular formula is C11H20N2O5. The van der Waals surface area contributed by atoms with E-state index in [0.29, 0.717) is 19.8 Å². The second kappa shape index (κ2) is 6.55. The Balaban J connectivity index is 2.41. The van der Waals surface area contributed by atoms with E-state index in [2.05, 4.69) is 10.6 Å². The van der Waals surface area contributed by atoms with Crippen LogP contribution in [0.25, 0.3) is 0 Å². The van der Waals surface area contributed by atoms with Gasteiger partial charge < -0.3 is 25.2 Å². The second-order valence-electron chi connectivity index (χ2n) is 4.59. The maximum atomic E-state index is 11.6. The van der Waals surface area contributed by atoms with Gasteiger partial charge in [-0.15, -0.1) is 0 Å². The molecular weight excluding hydrogens is 240 g/mol. The minimum atomic E-state index is -1.30. The van der Waals surface area contributed by atoms with Crippen LogP contribution < -0.4 is 10.6 Å². The van der Waals surface area contributed by atoms with Crippen molar-refractivity contribution in [2.24, 2.45) is 5.92 Å². The lowest BCUT2D eigenvalue weighted by Gasteiger charge is -2.24. The number of aliphatic carboxylic acids is 1. The smallest absolute Gasteiger partial charge is 0.332 e. The van der Waals surface area contributed by atoms with Gasteiger partial charge in [0.15, 0.2) is 5.54 Å². The normalized spacial score (nSPS) is 24.6. The van der Waals surface area contributed by atoms with E-state index in [-0.39, 0.29) is 18.9 Å². The summed E-state index contributed by atoms with van der Waals surface area (Å²) >= 11 is 0. The van der Waals surface area contributed by atoms with Crippen LogP contribution in [0, 0.1) is 5.92 Å². The van der Waals surface area contributed by atoms with Crippen LogP contribution in [0.5, 0.6) is 0 Å². The minimum Gasteiger partial charge on any atom is -0.479 e. The molecule has 7 heteroatoms. The van der Waals surface area contributed by atoms with Gasteiger partial charge in [0.25, 0.3) is 0 Å². The van der Waals surface area contributed by atoms with Crippen LogP contribution in [-0.4, -0.2) is 56.1 Å². The minimum absolute atomic E-state index is 0.00335. The fourth-order valence-electron chi connectivity index (χ4n) is 1.76. The van der Waals surface area contributed by atoms with Gasteiger partial charge in [0, 0.05) is 26.7 Å². The van der Waals surface area contributed by atoms with Crippen LogP contribution in [0.3, 0.4) is 0 Å². The predicted molar refractivity (Wildman–Crippen MR) is 63.4 cm³/mol. The van der Waals surface area contributed by atoms with Crippen molar-refractivity contribution in [3.8, 4) is 0 Å². The quantitative estimate of drug-likeness (QED) is 0.615. The molecule has 1 heterocycles. The number of carbonyl (C=O) groups is 2.